The third-order valence-corrected chi connectivity index (χ3v) is 6.93. The Hall–Kier alpha value is -2.95. The molecule has 166 valence electrons. The van der Waals surface area contributed by atoms with Crippen molar-refractivity contribution in [3.63, 3.8) is 0 Å². The van der Waals surface area contributed by atoms with Gasteiger partial charge in [-0.05, 0) is 29.1 Å². The maximum atomic E-state index is 12.9. The predicted molar refractivity (Wildman–Crippen MR) is 125 cm³/mol. The highest BCUT2D eigenvalue weighted by Gasteiger charge is 2.21. The van der Waals surface area contributed by atoms with Crippen molar-refractivity contribution >= 4 is 42.8 Å². The first-order valence-electron chi connectivity index (χ1n) is 9.89. The number of aromatic nitrogens is 3. The molecule has 2 aromatic heterocycles. The zero-order chi connectivity index (χ0) is 22.7. The van der Waals surface area contributed by atoms with Crippen LogP contribution in [0.15, 0.2) is 82.6 Å². The van der Waals surface area contributed by atoms with Gasteiger partial charge >= 0.3 is 0 Å². The molecule has 2 aromatic carbocycles. The molecular weight excluding hydrogens is 494 g/mol. The smallest absolute Gasteiger partial charge is 0.243 e. The molecule has 2 N–H and O–H groups in total. The van der Waals surface area contributed by atoms with E-state index in [0.717, 1.165) is 20.9 Å². The highest BCUT2D eigenvalue weighted by atomic mass is 79.9. The summed E-state index contributed by atoms with van der Waals surface area (Å²) in [5, 5.41) is 7.90. The molecule has 10 heteroatoms. The van der Waals surface area contributed by atoms with Gasteiger partial charge in [-0.2, -0.15) is 5.10 Å². The monoisotopic (exact) mass is 515 g/mol. The second-order valence-electron chi connectivity index (χ2n) is 7.38. The number of hydrogen-bond acceptors (Lipinski definition) is 4. The second kappa shape index (κ2) is 9.27. The lowest BCUT2D eigenvalue weighted by atomic mass is 10.1. The Morgan fingerprint density at radius 3 is 2.66 bits per heavy atom. The number of sulfonamides is 1. The number of rotatable bonds is 8. The van der Waals surface area contributed by atoms with Crippen molar-refractivity contribution in [1.82, 2.24) is 24.4 Å². The lowest BCUT2D eigenvalue weighted by Crippen LogP contribution is -2.39. The molecule has 1 unspecified atom stereocenters. The third-order valence-electron chi connectivity index (χ3n) is 5.06. The average molecular weight is 516 g/mol. The molecule has 1 atom stereocenters. The Bertz CT molecular complexity index is 1350. The lowest BCUT2D eigenvalue weighted by Gasteiger charge is -2.20. The normalized spacial score (nSPS) is 12.7. The largest absolute Gasteiger partial charge is 0.346 e. The fourth-order valence-corrected chi connectivity index (χ4v) is 4.82. The first kappa shape index (κ1) is 22.3. The minimum atomic E-state index is -3.76. The first-order chi connectivity index (χ1) is 15.3. The van der Waals surface area contributed by atoms with Crippen LogP contribution in [0.1, 0.15) is 11.6 Å². The predicted octanol–water partition coefficient (Wildman–Crippen LogP) is 2.97. The van der Waals surface area contributed by atoms with Crippen LogP contribution in [0.2, 0.25) is 0 Å². The highest BCUT2D eigenvalue weighted by molar-refractivity contribution is 9.10. The molecule has 1 amide bonds. The van der Waals surface area contributed by atoms with Gasteiger partial charge in [0.1, 0.15) is 11.4 Å². The molecule has 0 bridgehead atoms. The van der Waals surface area contributed by atoms with Crippen LogP contribution in [0.5, 0.6) is 0 Å². The molecule has 32 heavy (non-hydrogen) atoms. The number of amides is 1. The van der Waals surface area contributed by atoms with Crippen LogP contribution < -0.4 is 10.0 Å². The van der Waals surface area contributed by atoms with Crippen LogP contribution in [-0.4, -0.2) is 35.2 Å². The van der Waals surface area contributed by atoms with Crippen LogP contribution in [0.3, 0.4) is 0 Å². The molecular formula is C22H22BrN5O3S. The molecule has 0 saturated heterocycles. The summed E-state index contributed by atoms with van der Waals surface area (Å²) in [6, 6.07) is 16.6. The van der Waals surface area contributed by atoms with E-state index in [4.69, 9.17) is 0 Å². The summed E-state index contributed by atoms with van der Waals surface area (Å²) in [5.41, 5.74) is 1.73. The van der Waals surface area contributed by atoms with Crippen molar-refractivity contribution in [2.75, 3.05) is 6.54 Å². The van der Waals surface area contributed by atoms with E-state index in [2.05, 4.69) is 31.1 Å². The van der Waals surface area contributed by atoms with E-state index in [1.54, 1.807) is 7.05 Å². The number of fused-ring (bicyclic) bond motifs is 1. The van der Waals surface area contributed by atoms with Gasteiger partial charge in [0.2, 0.25) is 15.9 Å². The standard InChI is InChI=1S/C22H22BrN5O3S/c1-27-14-19(12-24-27)32(30,31)25-13-20(16-5-3-2-4-6-16)26-22(29)15-28-10-9-17-7-8-18(23)11-21(17)28/h2-12,14,20,25H,13,15H2,1H3,(H,26,29). The Kier molecular flexibility index (Phi) is 6.45. The molecule has 0 saturated carbocycles. The van der Waals surface area contributed by atoms with Crippen molar-refractivity contribution in [2.45, 2.75) is 17.5 Å². The maximum Gasteiger partial charge on any atom is 0.243 e. The highest BCUT2D eigenvalue weighted by Crippen LogP contribution is 2.21. The zero-order valence-corrected chi connectivity index (χ0v) is 19.7. The number of halogens is 1. The average Bonchev–Trinajstić information content (AvgIpc) is 3.38. The number of nitrogens with zero attached hydrogens (tertiary/aromatic N) is 3. The molecule has 0 aliphatic carbocycles. The number of benzene rings is 2. The number of aryl methyl sites for hydroxylation is 1. The van der Waals surface area contributed by atoms with Gasteiger partial charge in [0.05, 0.1) is 12.2 Å². The topological polar surface area (TPSA) is 98.0 Å². The van der Waals surface area contributed by atoms with Crippen molar-refractivity contribution < 1.29 is 13.2 Å². The van der Waals surface area contributed by atoms with Gasteiger partial charge in [0.15, 0.2) is 0 Å². The van der Waals surface area contributed by atoms with Crippen LogP contribution in [0.4, 0.5) is 0 Å². The van der Waals surface area contributed by atoms with E-state index in [9.17, 15) is 13.2 Å². The van der Waals surface area contributed by atoms with E-state index in [1.165, 1.54) is 17.1 Å². The quantitative estimate of drug-likeness (QED) is 0.376. The molecule has 0 aliphatic rings. The third kappa shape index (κ3) is 5.09. The SMILES string of the molecule is Cn1cc(S(=O)(=O)NCC(NC(=O)Cn2ccc3ccc(Br)cc32)c2ccccc2)cn1. The zero-order valence-electron chi connectivity index (χ0n) is 17.3. The summed E-state index contributed by atoms with van der Waals surface area (Å²) in [4.78, 5) is 13.0. The van der Waals surface area contributed by atoms with Crippen LogP contribution in [0.25, 0.3) is 10.9 Å². The molecule has 8 nitrogen and oxygen atoms in total. The van der Waals surface area contributed by atoms with Gasteiger partial charge in [-0.25, -0.2) is 13.1 Å². The first-order valence-corrected chi connectivity index (χ1v) is 12.2. The number of nitrogens with one attached hydrogen (secondary N) is 2. The van der Waals surface area contributed by atoms with Gasteiger partial charge in [-0.1, -0.05) is 52.3 Å². The second-order valence-corrected chi connectivity index (χ2v) is 10.1. The van der Waals surface area contributed by atoms with Crippen molar-refractivity contribution in [3.8, 4) is 0 Å². The van der Waals surface area contributed by atoms with Crippen molar-refractivity contribution in [3.05, 3.63) is 83.2 Å². The molecule has 4 rings (SSSR count). The van der Waals surface area contributed by atoms with Gasteiger partial charge in [0, 0.05) is 36.0 Å². The summed E-state index contributed by atoms with van der Waals surface area (Å²) in [6.07, 6.45) is 4.57. The Morgan fingerprint density at radius 2 is 1.94 bits per heavy atom. The van der Waals surface area contributed by atoms with Gasteiger partial charge in [-0.15, -0.1) is 0 Å². The van der Waals surface area contributed by atoms with Gasteiger partial charge in [-0.3, -0.25) is 9.48 Å². The minimum absolute atomic E-state index is 0.00492. The van der Waals surface area contributed by atoms with Crippen LogP contribution in [0, 0.1) is 0 Å². The summed E-state index contributed by atoms with van der Waals surface area (Å²) in [5.74, 6) is -0.225. The fourth-order valence-electron chi connectivity index (χ4n) is 3.44. The van der Waals surface area contributed by atoms with Gasteiger partial charge < -0.3 is 9.88 Å². The molecule has 2 heterocycles. The summed E-state index contributed by atoms with van der Waals surface area (Å²) in [6.45, 7) is 0.115. The Labute approximate surface area is 194 Å². The van der Waals surface area contributed by atoms with Crippen LogP contribution in [-0.2, 0) is 28.4 Å². The fraction of sp³-hybridized carbons (Fsp3) is 0.182. The van der Waals surface area contributed by atoms with E-state index in [1.807, 2.05) is 65.4 Å². The number of carbonyl (C=O) groups excluding carboxylic acids is 1. The van der Waals surface area contributed by atoms with Gasteiger partial charge in [0.25, 0.3) is 0 Å². The lowest BCUT2D eigenvalue weighted by molar-refractivity contribution is -0.122. The molecule has 0 aliphatic heterocycles. The summed E-state index contributed by atoms with van der Waals surface area (Å²) < 4.78 is 32.0. The minimum Gasteiger partial charge on any atom is -0.346 e. The number of carbonyl (C=O) groups is 1. The molecule has 4 aromatic rings. The van der Waals surface area contributed by atoms with E-state index < -0.39 is 16.1 Å². The Morgan fingerprint density at radius 1 is 1.16 bits per heavy atom. The number of hydrogen-bond donors (Lipinski definition) is 2. The molecule has 0 fully saturated rings. The maximum absolute atomic E-state index is 12.9. The van der Waals surface area contributed by atoms with E-state index in [-0.39, 0.29) is 23.9 Å². The van der Waals surface area contributed by atoms with Crippen molar-refractivity contribution in [2.24, 2.45) is 7.05 Å². The van der Waals surface area contributed by atoms with Crippen LogP contribution >= 0.6 is 15.9 Å². The summed E-state index contributed by atoms with van der Waals surface area (Å²) >= 11 is 3.46. The molecule has 0 radical (unpaired) electrons. The molecule has 0 spiro atoms. The van der Waals surface area contributed by atoms with E-state index in [0.29, 0.717) is 0 Å². The van der Waals surface area contributed by atoms with E-state index >= 15 is 0 Å². The summed E-state index contributed by atoms with van der Waals surface area (Å²) in [7, 11) is -2.11. The Balaban J connectivity index is 1.50. The van der Waals surface area contributed by atoms with Crippen molar-refractivity contribution in [1.29, 1.82) is 0 Å².